The van der Waals surface area contributed by atoms with E-state index in [0.29, 0.717) is 22.1 Å². The Morgan fingerprint density at radius 1 is 0.288 bits per heavy atom. The molecule has 0 aromatic heterocycles. The molecule has 0 N–H and O–H groups in total. The lowest BCUT2D eigenvalue weighted by atomic mass is 9.93. The Balaban J connectivity index is 1.26. The maximum atomic E-state index is 9.92. The van der Waals surface area contributed by atoms with Gasteiger partial charge in [-0.3, -0.25) is 0 Å². The van der Waals surface area contributed by atoms with Gasteiger partial charge in [0.25, 0.3) is 0 Å². The van der Waals surface area contributed by atoms with E-state index in [4.69, 9.17) is 0 Å². The van der Waals surface area contributed by atoms with Gasteiger partial charge in [0.05, 0.1) is 16.4 Å². The molecule has 0 atom stereocenters. The Morgan fingerprint density at radius 3 is 1.27 bits per heavy atom. The van der Waals surface area contributed by atoms with Crippen molar-refractivity contribution < 1.29 is 16.4 Å². The van der Waals surface area contributed by atoms with Crippen LogP contribution in [-0.4, -0.2) is 0 Å². The first-order valence-electron chi connectivity index (χ1n) is 25.3. The summed E-state index contributed by atoms with van der Waals surface area (Å²) >= 11 is 0. The maximum Gasteiger partial charge on any atom is 0.0651 e. The van der Waals surface area contributed by atoms with Crippen LogP contribution in [0.15, 0.2) is 248 Å². The van der Waals surface area contributed by atoms with Crippen molar-refractivity contribution in [3.05, 3.63) is 248 Å². The molecular weight excluding hydrogens is 711 g/mol. The van der Waals surface area contributed by atoms with Crippen LogP contribution in [0, 0.1) is 0 Å². The van der Waals surface area contributed by atoms with Gasteiger partial charge in [-0.05, 0) is 132 Å². The Hall–Kier alpha value is -7.74. The van der Waals surface area contributed by atoms with Gasteiger partial charge in [0.2, 0.25) is 0 Å². The molecule has 0 bridgehead atoms. The summed E-state index contributed by atoms with van der Waals surface area (Å²) in [6.45, 7) is 0. The zero-order valence-electron chi connectivity index (χ0n) is 43.7. The SMILES string of the molecule is [2H]c1c([2H])c(-c2cccc3ccccc23)c([2H])c(N(c2c([2H])c([2H])c(-c3ccc(-c4ccccc4)cc3)c([2H])c2[2H])c2c([2H])c([2H])c(-c3cc(-c4ccccc4)cc(-c4ccccc4)c3)c([2H])c2[2H])c1[2H]. The quantitative estimate of drug-likeness (QED) is 0.142. The third-order valence-electron chi connectivity index (χ3n) is 10.3. The first-order chi connectivity index (χ1) is 34.3. The summed E-state index contributed by atoms with van der Waals surface area (Å²) in [5.41, 5.74) is 4.20. The number of benzene rings is 10. The van der Waals surface area contributed by atoms with E-state index >= 15 is 0 Å². The van der Waals surface area contributed by atoms with Crippen LogP contribution in [0.3, 0.4) is 0 Å². The fraction of sp³-hybridized carbons (Fsp3) is 0. The zero-order chi connectivity index (χ0) is 49.8. The van der Waals surface area contributed by atoms with Crippen LogP contribution in [-0.2, 0) is 0 Å². The molecule has 0 radical (unpaired) electrons. The molecule has 1 heteroatoms. The summed E-state index contributed by atoms with van der Waals surface area (Å²) in [6, 6.07) is 46.7. The van der Waals surface area contributed by atoms with Crippen LogP contribution in [0.25, 0.3) is 77.5 Å². The average Bonchev–Trinajstić information content (AvgIpc) is 3.40. The van der Waals surface area contributed by atoms with Gasteiger partial charge in [-0.2, -0.15) is 0 Å². The van der Waals surface area contributed by atoms with E-state index < -0.39 is 89.6 Å². The number of rotatable bonds is 9. The second-order valence-electron chi connectivity index (χ2n) is 14.0. The number of fused-ring (bicyclic) bond motifs is 1. The Labute approximate surface area is 363 Å². The van der Waals surface area contributed by atoms with Crippen molar-refractivity contribution in [1.82, 2.24) is 0 Å². The van der Waals surface area contributed by atoms with E-state index in [-0.39, 0.29) is 16.7 Å². The topological polar surface area (TPSA) is 3.24 Å². The molecule has 0 unspecified atom stereocenters. The molecule has 278 valence electrons. The van der Waals surface area contributed by atoms with Crippen LogP contribution in [0.4, 0.5) is 17.1 Å². The molecular formula is C58H41N. The van der Waals surface area contributed by atoms with E-state index in [9.17, 15) is 16.4 Å². The number of nitrogens with zero attached hydrogens (tertiary/aromatic N) is 1. The van der Waals surface area contributed by atoms with Gasteiger partial charge in [-0.15, -0.1) is 0 Å². The molecule has 0 fully saturated rings. The lowest BCUT2D eigenvalue weighted by molar-refractivity contribution is 1.28. The minimum atomic E-state index is -0.731. The number of hydrogen-bond donors (Lipinski definition) is 0. The lowest BCUT2D eigenvalue weighted by Crippen LogP contribution is -2.10. The highest BCUT2D eigenvalue weighted by Gasteiger charge is 2.16. The predicted molar refractivity (Wildman–Crippen MR) is 251 cm³/mol. The molecule has 10 rings (SSSR count). The van der Waals surface area contributed by atoms with Crippen LogP contribution < -0.4 is 4.90 Å². The minimum absolute atomic E-state index is 0.0537. The highest BCUT2D eigenvalue weighted by molar-refractivity contribution is 5.97. The van der Waals surface area contributed by atoms with Gasteiger partial charge in [-0.25, -0.2) is 0 Å². The Morgan fingerprint density at radius 2 is 0.712 bits per heavy atom. The van der Waals surface area contributed by atoms with Crippen LogP contribution in [0.5, 0.6) is 0 Å². The maximum absolute atomic E-state index is 9.92. The molecule has 0 aliphatic heterocycles. The molecule has 0 saturated heterocycles. The molecule has 0 spiro atoms. The predicted octanol–water partition coefficient (Wildman–Crippen LogP) is 16.3. The van der Waals surface area contributed by atoms with Crippen molar-refractivity contribution in [2.45, 2.75) is 0 Å². The third kappa shape index (κ3) is 7.46. The number of hydrogen-bond acceptors (Lipinski definition) is 1. The highest BCUT2D eigenvalue weighted by atomic mass is 15.1. The first kappa shape index (κ1) is 24.8. The normalized spacial score (nSPS) is 13.9. The van der Waals surface area contributed by atoms with E-state index in [2.05, 4.69) is 0 Å². The van der Waals surface area contributed by atoms with Gasteiger partial charge in [0.15, 0.2) is 0 Å². The van der Waals surface area contributed by atoms with Crippen molar-refractivity contribution in [3.8, 4) is 66.8 Å². The monoisotopic (exact) mass is 763 g/mol. The molecule has 0 aliphatic carbocycles. The summed E-state index contributed by atoms with van der Waals surface area (Å²) in [4.78, 5) is 0.903. The summed E-state index contributed by atoms with van der Waals surface area (Å²) in [6.07, 6.45) is 0. The minimum Gasteiger partial charge on any atom is -0.310 e. The van der Waals surface area contributed by atoms with Gasteiger partial charge < -0.3 is 4.90 Å². The largest absolute Gasteiger partial charge is 0.310 e. The molecule has 0 aliphatic rings. The van der Waals surface area contributed by atoms with E-state index in [1.54, 1.807) is 48.5 Å². The standard InChI is InChI=1S/C58H41N/c1-4-14-42(15-5-1)45-26-28-46(29-27-45)47-30-34-54(35-31-47)59(56-23-12-22-50(41-56)58-25-13-21-49-20-10-11-24-57(49)58)55-36-32-48(33-37-55)53-39-51(43-16-6-2-7-17-43)38-52(40-53)44-18-8-3-9-19-44/h1-41H/i12D,22D,23D,30D,31D,32D,33D,34D,35D,36D,37D,41D. The van der Waals surface area contributed by atoms with Crippen molar-refractivity contribution in [2.75, 3.05) is 4.90 Å². The van der Waals surface area contributed by atoms with Gasteiger partial charge in [-0.1, -0.05) is 194 Å². The van der Waals surface area contributed by atoms with Crippen molar-refractivity contribution in [3.63, 3.8) is 0 Å². The van der Waals surface area contributed by atoms with Gasteiger partial charge >= 0.3 is 0 Å². The van der Waals surface area contributed by atoms with E-state index in [1.807, 2.05) is 127 Å². The Kier molecular flexibility index (Phi) is 6.73. The summed E-state index contributed by atoms with van der Waals surface area (Å²) in [5.74, 6) is 0. The molecule has 0 heterocycles. The fourth-order valence-corrected chi connectivity index (χ4v) is 7.31. The van der Waals surface area contributed by atoms with Crippen molar-refractivity contribution in [2.24, 2.45) is 0 Å². The highest BCUT2D eigenvalue weighted by Crippen LogP contribution is 2.40. The van der Waals surface area contributed by atoms with E-state index in [1.165, 1.54) is 0 Å². The van der Waals surface area contributed by atoms with Crippen LogP contribution in [0.2, 0.25) is 0 Å². The Bertz CT molecular complexity index is 3590. The first-order valence-corrected chi connectivity index (χ1v) is 19.3. The lowest BCUT2D eigenvalue weighted by Gasteiger charge is -2.26. The third-order valence-corrected chi connectivity index (χ3v) is 10.3. The van der Waals surface area contributed by atoms with Crippen LogP contribution in [0.1, 0.15) is 16.4 Å². The molecule has 1 nitrogen and oxygen atoms in total. The molecule has 0 saturated carbocycles. The summed E-state index contributed by atoms with van der Waals surface area (Å²) < 4.78 is 115. The molecule has 0 amide bonds. The molecule has 10 aromatic carbocycles. The second kappa shape index (κ2) is 16.0. The summed E-state index contributed by atoms with van der Waals surface area (Å²) in [5, 5.41) is 1.39. The van der Waals surface area contributed by atoms with Gasteiger partial charge in [0.1, 0.15) is 0 Å². The molecule has 59 heavy (non-hydrogen) atoms. The number of anilines is 3. The van der Waals surface area contributed by atoms with Crippen LogP contribution >= 0.6 is 0 Å². The molecule has 10 aromatic rings. The van der Waals surface area contributed by atoms with Gasteiger partial charge in [0, 0.05) is 17.1 Å². The zero-order valence-corrected chi connectivity index (χ0v) is 31.7. The van der Waals surface area contributed by atoms with E-state index in [0.717, 1.165) is 43.7 Å². The van der Waals surface area contributed by atoms with Crippen molar-refractivity contribution >= 4 is 27.8 Å². The fourth-order valence-electron chi connectivity index (χ4n) is 7.31. The summed E-state index contributed by atoms with van der Waals surface area (Å²) in [7, 11) is 0. The smallest absolute Gasteiger partial charge is 0.0651 e. The van der Waals surface area contributed by atoms with Crippen molar-refractivity contribution in [1.29, 1.82) is 0 Å². The second-order valence-corrected chi connectivity index (χ2v) is 14.0. The average molecular weight is 764 g/mol.